The van der Waals surface area contributed by atoms with Crippen LogP contribution in [0.2, 0.25) is 0 Å². The lowest BCUT2D eigenvalue weighted by Gasteiger charge is -2.00. The summed E-state index contributed by atoms with van der Waals surface area (Å²) in [7, 11) is -1.54. The van der Waals surface area contributed by atoms with E-state index in [0.717, 1.165) is 0 Å². The molecule has 100 valence electrons. The van der Waals surface area contributed by atoms with E-state index in [2.05, 4.69) is 15.5 Å². The highest BCUT2D eigenvalue weighted by Crippen LogP contribution is 1.95. The SMILES string of the molecule is O=C(N/N=C/c1cccc(B(O)O)c1)c1ccccn1. The van der Waals surface area contributed by atoms with Crippen molar-refractivity contribution in [1.29, 1.82) is 0 Å². The highest BCUT2D eigenvalue weighted by atomic mass is 16.4. The molecular formula is C13H12BN3O3. The van der Waals surface area contributed by atoms with E-state index in [1.807, 2.05) is 0 Å². The van der Waals surface area contributed by atoms with E-state index >= 15 is 0 Å². The molecule has 0 saturated heterocycles. The minimum absolute atomic E-state index is 0.268. The van der Waals surface area contributed by atoms with Crippen LogP contribution in [0.4, 0.5) is 0 Å². The van der Waals surface area contributed by atoms with Gasteiger partial charge in [-0.2, -0.15) is 5.10 Å². The molecule has 3 N–H and O–H groups in total. The average molecular weight is 269 g/mol. The summed E-state index contributed by atoms with van der Waals surface area (Å²) in [5, 5.41) is 21.9. The zero-order chi connectivity index (χ0) is 14.4. The van der Waals surface area contributed by atoms with Gasteiger partial charge in [-0.1, -0.05) is 30.3 Å². The van der Waals surface area contributed by atoms with Gasteiger partial charge in [-0.05, 0) is 23.2 Å². The molecule has 20 heavy (non-hydrogen) atoms. The number of hydrogen-bond acceptors (Lipinski definition) is 5. The van der Waals surface area contributed by atoms with Gasteiger partial charge in [0.15, 0.2) is 0 Å². The lowest BCUT2D eigenvalue weighted by molar-refractivity contribution is 0.0950. The van der Waals surface area contributed by atoms with Crippen LogP contribution in [0.5, 0.6) is 0 Å². The Balaban J connectivity index is 2.00. The van der Waals surface area contributed by atoms with E-state index in [9.17, 15) is 4.79 Å². The minimum Gasteiger partial charge on any atom is -0.423 e. The van der Waals surface area contributed by atoms with Crippen molar-refractivity contribution in [2.75, 3.05) is 0 Å². The predicted molar refractivity (Wildman–Crippen MR) is 75.6 cm³/mol. The number of carbonyl (C=O) groups is 1. The van der Waals surface area contributed by atoms with E-state index in [0.29, 0.717) is 11.0 Å². The number of hydrazone groups is 1. The molecule has 2 rings (SSSR count). The van der Waals surface area contributed by atoms with Crippen LogP contribution in [0.1, 0.15) is 16.1 Å². The van der Waals surface area contributed by atoms with Crippen molar-refractivity contribution < 1.29 is 14.8 Å². The molecule has 7 heteroatoms. The molecule has 0 aliphatic carbocycles. The molecule has 0 fully saturated rings. The van der Waals surface area contributed by atoms with Crippen molar-refractivity contribution in [3.8, 4) is 0 Å². The summed E-state index contributed by atoms with van der Waals surface area (Å²) in [6, 6.07) is 11.5. The Hall–Kier alpha value is -2.51. The maximum Gasteiger partial charge on any atom is 0.488 e. The lowest BCUT2D eigenvalue weighted by Crippen LogP contribution is -2.29. The van der Waals surface area contributed by atoms with Gasteiger partial charge in [-0.25, -0.2) is 5.43 Å². The van der Waals surface area contributed by atoms with Gasteiger partial charge in [0.2, 0.25) is 0 Å². The molecule has 1 aromatic carbocycles. The van der Waals surface area contributed by atoms with Crippen LogP contribution in [0.3, 0.4) is 0 Å². The van der Waals surface area contributed by atoms with Crippen LogP contribution < -0.4 is 10.9 Å². The fourth-order valence-electron chi connectivity index (χ4n) is 1.52. The first-order chi connectivity index (χ1) is 9.66. The standard InChI is InChI=1S/C13H12BN3O3/c18-13(12-6-1-2-7-15-12)17-16-9-10-4-3-5-11(8-10)14(19)20/h1-9,19-20H,(H,17,18)/b16-9+. The van der Waals surface area contributed by atoms with E-state index in [4.69, 9.17) is 10.0 Å². The summed E-state index contributed by atoms with van der Waals surface area (Å²) in [5.41, 5.74) is 3.59. The predicted octanol–water partition coefficient (Wildman–Crippen LogP) is -0.475. The molecule has 0 spiro atoms. The fraction of sp³-hybridized carbons (Fsp3) is 0. The summed E-state index contributed by atoms with van der Waals surface area (Å²) in [5.74, 6) is -0.416. The quantitative estimate of drug-likeness (QED) is 0.397. The van der Waals surface area contributed by atoms with Crippen LogP contribution in [0.15, 0.2) is 53.8 Å². The Morgan fingerprint density at radius 3 is 2.80 bits per heavy atom. The van der Waals surface area contributed by atoms with Crippen LogP contribution >= 0.6 is 0 Å². The van der Waals surface area contributed by atoms with Crippen molar-refractivity contribution in [3.63, 3.8) is 0 Å². The first-order valence-electron chi connectivity index (χ1n) is 5.87. The first kappa shape index (κ1) is 13.9. The monoisotopic (exact) mass is 269 g/mol. The van der Waals surface area contributed by atoms with Gasteiger partial charge in [0.05, 0.1) is 6.21 Å². The summed E-state index contributed by atoms with van der Waals surface area (Å²) in [6.45, 7) is 0. The van der Waals surface area contributed by atoms with Crippen molar-refractivity contribution in [3.05, 3.63) is 59.9 Å². The van der Waals surface area contributed by atoms with E-state index < -0.39 is 13.0 Å². The number of amides is 1. The molecule has 0 aliphatic rings. The van der Waals surface area contributed by atoms with E-state index in [-0.39, 0.29) is 5.69 Å². The van der Waals surface area contributed by atoms with Crippen molar-refractivity contribution in [2.24, 2.45) is 5.10 Å². The maximum absolute atomic E-state index is 11.6. The normalized spacial score (nSPS) is 10.5. The number of rotatable bonds is 4. The van der Waals surface area contributed by atoms with Gasteiger partial charge < -0.3 is 10.0 Å². The third-order valence-corrected chi connectivity index (χ3v) is 2.49. The Bertz CT molecular complexity index is 617. The smallest absolute Gasteiger partial charge is 0.423 e. The number of nitrogens with one attached hydrogen (secondary N) is 1. The van der Waals surface area contributed by atoms with Gasteiger partial charge >= 0.3 is 7.12 Å². The number of carbonyl (C=O) groups excluding carboxylic acids is 1. The van der Waals surface area contributed by atoms with Crippen molar-refractivity contribution >= 4 is 24.7 Å². The van der Waals surface area contributed by atoms with Crippen LogP contribution in [0.25, 0.3) is 0 Å². The van der Waals surface area contributed by atoms with Gasteiger partial charge in [0.1, 0.15) is 5.69 Å². The number of aromatic nitrogens is 1. The molecule has 0 atom stereocenters. The zero-order valence-electron chi connectivity index (χ0n) is 10.5. The lowest BCUT2D eigenvalue weighted by atomic mass is 9.80. The zero-order valence-corrected chi connectivity index (χ0v) is 10.5. The van der Waals surface area contributed by atoms with Crippen LogP contribution in [-0.2, 0) is 0 Å². The summed E-state index contributed by atoms with van der Waals surface area (Å²) >= 11 is 0. The molecule has 6 nitrogen and oxygen atoms in total. The molecule has 0 bridgehead atoms. The molecular weight excluding hydrogens is 257 g/mol. The average Bonchev–Trinajstić information content (AvgIpc) is 2.48. The molecule has 1 aromatic heterocycles. The number of pyridine rings is 1. The maximum atomic E-state index is 11.6. The van der Waals surface area contributed by atoms with E-state index in [1.54, 1.807) is 42.5 Å². The summed E-state index contributed by atoms with van der Waals surface area (Å²) in [4.78, 5) is 15.5. The van der Waals surface area contributed by atoms with Gasteiger partial charge in [-0.3, -0.25) is 9.78 Å². The second-order valence-corrected chi connectivity index (χ2v) is 3.96. The Labute approximate surface area is 115 Å². The molecule has 0 aliphatic heterocycles. The van der Waals surface area contributed by atoms with Gasteiger partial charge in [0.25, 0.3) is 5.91 Å². The number of hydrogen-bond donors (Lipinski definition) is 3. The van der Waals surface area contributed by atoms with Crippen LogP contribution in [-0.4, -0.2) is 34.3 Å². The number of nitrogens with zero attached hydrogens (tertiary/aromatic N) is 2. The van der Waals surface area contributed by atoms with Crippen LogP contribution in [0, 0.1) is 0 Å². The first-order valence-corrected chi connectivity index (χ1v) is 5.87. The van der Waals surface area contributed by atoms with Crippen molar-refractivity contribution in [2.45, 2.75) is 0 Å². The molecule has 1 amide bonds. The molecule has 0 saturated carbocycles. The third-order valence-electron chi connectivity index (χ3n) is 2.49. The molecule has 0 unspecified atom stereocenters. The Morgan fingerprint density at radius 2 is 2.10 bits per heavy atom. The highest BCUT2D eigenvalue weighted by molar-refractivity contribution is 6.58. The van der Waals surface area contributed by atoms with Crippen molar-refractivity contribution in [1.82, 2.24) is 10.4 Å². The summed E-state index contributed by atoms with van der Waals surface area (Å²) < 4.78 is 0. The number of benzene rings is 1. The topological polar surface area (TPSA) is 94.8 Å². The van der Waals surface area contributed by atoms with E-state index in [1.165, 1.54) is 12.4 Å². The molecule has 1 heterocycles. The second kappa shape index (κ2) is 6.60. The minimum atomic E-state index is -1.54. The summed E-state index contributed by atoms with van der Waals surface area (Å²) in [6.07, 6.45) is 2.93. The molecule has 2 aromatic rings. The Morgan fingerprint density at radius 1 is 1.25 bits per heavy atom. The highest BCUT2D eigenvalue weighted by Gasteiger charge is 2.10. The second-order valence-electron chi connectivity index (χ2n) is 3.96. The third kappa shape index (κ3) is 3.74. The largest absolute Gasteiger partial charge is 0.488 e. The Kier molecular flexibility index (Phi) is 4.59. The van der Waals surface area contributed by atoms with Gasteiger partial charge in [0, 0.05) is 6.20 Å². The molecule has 0 radical (unpaired) electrons. The van der Waals surface area contributed by atoms with Gasteiger partial charge in [-0.15, -0.1) is 0 Å². The fourth-order valence-corrected chi connectivity index (χ4v) is 1.52.